The maximum Gasteiger partial charge on any atom is 0.270 e. The van der Waals surface area contributed by atoms with Crippen LogP contribution in [0.4, 0.5) is 0 Å². The molecule has 1 fully saturated rings. The molecule has 1 amide bonds. The van der Waals surface area contributed by atoms with Gasteiger partial charge in [-0.15, -0.1) is 11.3 Å². The molecule has 21 heavy (non-hydrogen) atoms. The maximum atomic E-state index is 12.2. The van der Waals surface area contributed by atoms with Gasteiger partial charge in [-0.1, -0.05) is 0 Å². The van der Waals surface area contributed by atoms with Crippen molar-refractivity contribution in [3.05, 3.63) is 35.6 Å². The van der Waals surface area contributed by atoms with Crippen LogP contribution in [0.5, 0.6) is 0 Å². The van der Waals surface area contributed by atoms with Gasteiger partial charge in [0, 0.05) is 29.4 Å². The summed E-state index contributed by atoms with van der Waals surface area (Å²) >= 11 is 1.47. The molecule has 1 aliphatic heterocycles. The van der Waals surface area contributed by atoms with Gasteiger partial charge in [-0.05, 0) is 45.1 Å². The molecule has 1 N–H and O–H groups in total. The van der Waals surface area contributed by atoms with Gasteiger partial charge in [0.15, 0.2) is 0 Å². The molecule has 6 heteroatoms. The Kier molecular flexibility index (Phi) is 4.26. The first-order chi connectivity index (χ1) is 10.2. The third kappa shape index (κ3) is 3.46. The SMILES string of the molecule is CN1CCC(NC(=O)c2csc(-c3cccnc3)n2)CC1. The van der Waals surface area contributed by atoms with Crippen molar-refractivity contribution in [2.45, 2.75) is 18.9 Å². The van der Waals surface area contributed by atoms with E-state index in [2.05, 4.69) is 27.2 Å². The molecule has 0 aliphatic carbocycles. The van der Waals surface area contributed by atoms with E-state index in [1.54, 1.807) is 12.4 Å². The Labute approximate surface area is 128 Å². The van der Waals surface area contributed by atoms with Crippen molar-refractivity contribution in [2.75, 3.05) is 20.1 Å². The van der Waals surface area contributed by atoms with Crippen LogP contribution in [0.15, 0.2) is 29.9 Å². The zero-order valence-corrected chi connectivity index (χ0v) is 12.8. The van der Waals surface area contributed by atoms with Crippen molar-refractivity contribution >= 4 is 17.2 Å². The summed E-state index contributed by atoms with van der Waals surface area (Å²) in [5, 5.41) is 5.73. The van der Waals surface area contributed by atoms with Crippen LogP contribution in [0.3, 0.4) is 0 Å². The van der Waals surface area contributed by atoms with Crippen molar-refractivity contribution in [1.29, 1.82) is 0 Å². The predicted molar refractivity (Wildman–Crippen MR) is 83.3 cm³/mol. The monoisotopic (exact) mass is 302 g/mol. The molecule has 0 atom stereocenters. The Morgan fingerprint density at radius 3 is 2.95 bits per heavy atom. The highest BCUT2D eigenvalue weighted by atomic mass is 32.1. The highest BCUT2D eigenvalue weighted by Crippen LogP contribution is 2.22. The first kappa shape index (κ1) is 14.2. The minimum atomic E-state index is -0.0732. The molecular formula is C15H18N4OS. The van der Waals surface area contributed by atoms with Crippen LogP contribution in [0, 0.1) is 0 Å². The normalized spacial score (nSPS) is 16.8. The second-order valence-corrected chi connectivity index (χ2v) is 6.19. The molecule has 1 aliphatic rings. The quantitative estimate of drug-likeness (QED) is 0.942. The smallest absolute Gasteiger partial charge is 0.270 e. The molecule has 0 saturated carbocycles. The second kappa shape index (κ2) is 6.32. The Balaban J connectivity index is 1.64. The number of piperidine rings is 1. The van der Waals surface area contributed by atoms with Gasteiger partial charge >= 0.3 is 0 Å². The number of rotatable bonds is 3. The highest BCUT2D eigenvalue weighted by Gasteiger charge is 2.20. The van der Waals surface area contributed by atoms with E-state index in [4.69, 9.17) is 0 Å². The molecule has 5 nitrogen and oxygen atoms in total. The summed E-state index contributed by atoms with van der Waals surface area (Å²) < 4.78 is 0. The number of nitrogens with one attached hydrogen (secondary N) is 1. The molecule has 3 heterocycles. The van der Waals surface area contributed by atoms with Gasteiger partial charge in [0.2, 0.25) is 0 Å². The van der Waals surface area contributed by atoms with Gasteiger partial charge in [-0.2, -0.15) is 0 Å². The molecular weight excluding hydrogens is 284 g/mol. The van der Waals surface area contributed by atoms with Crippen molar-refractivity contribution in [3.8, 4) is 10.6 Å². The Bertz CT molecular complexity index is 605. The maximum absolute atomic E-state index is 12.2. The fourth-order valence-electron chi connectivity index (χ4n) is 2.41. The molecule has 0 aromatic carbocycles. The lowest BCUT2D eigenvalue weighted by Gasteiger charge is -2.29. The molecule has 0 bridgehead atoms. The molecule has 1 saturated heterocycles. The Morgan fingerprint density at radius 2 is 2.24 bits per heavy atom. The number of aromatic nitrogens is 2. The van der Waals surface area contributed by atoms with Gasteiger partial charge in [0.05, 0.1) is 0 Å². The van der Waals surface area contributed by atoms with E-state index in [-0.39, 0.29) is 11.9 Å². The standard InChI is InChI=1S/C15H18N4OS/c1-19-7-4-12(5-8-19)17-14(20)13-10-21-15(18-13)11-3-2-6-16-9-11/h2-3,6,9-10,12H,4-5,7-8H2,1H3,(H,17,20). The van der Waals surface area contributed by atoms with Gasteiger partial charge < -0.3 is 10.2 Å². The molecule has 2 aromatic heterocycles. The average molecular weight is 302 g/mol. The number of thiazole rings is 1. The number of amides is 1. The number of nitrogens with zero attached hydrogens (tertiary/aromatic N) is 3. The lowest BCUT2D eigenvalue weighted by molar-refractivity contribution is 0.0912. The third-order valence-corrected chi connectivity index (χ3v) is 4.59. The predicted octanol–water partition coefficient (Wildman–Crippen LogP) is 2.03. The number of carbonyl (C=O) groups excluding carboxylic acids is 1. The first-order valence-corrected chi connectivity index (χ1v) is 7.95. The summed E-state index contributed by atoms with van der Waals surface area (Å²) in [5.41, 5.74) is 1.44. The summed E-state index contributed by atoms with van der Waals surface area (Å²) in [5.74, 6) is -0.0732. The van der Waals surface area contributed by atoms with E-state index in [0.29, 0.717) is 5.69 Å². The van der Waals surface area contributed by atoms with E-state index < -0.39 is 0 Å². The largest absolute Gasteiger partial charge is 0.348 e. The van der Waals surface area contributed by atoms with Crippen LogP contribution in [-0.2, 0) is 0 Å². The second-order valence-electron chi connectivity index (χ2n) is 5.33. The number of carbonyl (C=O) groups is 1. The molecule has 0 radical (unpaired) electrons. The third-order valence-electron chi connectivity index (χ3n) is 3.70. The lowest BCUT2D eigenvalue weighted by Crippen LogP contribution is -2.43. The van der Waals surface area contributed by atoms with Gasteiger partial charge in [-0.25, -0.2) is 4.98 Å². The van der Waals surface area contributed by atoms with Crippen LogP contribution in [0.1, 0.15) is 23.3 Å². The molecule has 0 spiro atoms. The summed E-state index contributed by atoms with van der Waals surface area (Å²) in [4.78, 5) is 23.0. The van der Waals surface area contributed by atoms with Crippen molar-refractivity contribution in [2.24, 2.45) is 0 Å². The Morgan fingerprint density at radius 1 is 1.43 bits per heavy atom. The number of hydrogen-bond donors (Lipinski definition) is 1. The van der Waals surface area contributed by atoms with E-state index in [1.165, 1.54) is 11.3 Å². The van der Waals surface area contributed by atoms with Gasteiger partial charge in [-0.3, -0.25) is 9.78 Å². The van der Waals surface area contributed by atoms with Crippen molar-refractivity contribution in [3.63, 3.8) is 0 Å². The topological polar surface area (TPSA) is 58.1 Å². The fourth-order valence-corrected chi connectivity index (χ4v) is 3.20. The first-order valence-electron chi connectivity index (χ1n) is 7.08. The summed E-state index contributed by atoms with van der Waals surface area (Å²) in [6.07, 6.45) is 5.49. The summed E-state index contributed by atoms with van der Waals surface area (Å²) in [6, 6.07) is 4.08. The van der Waals surface area contributed by atoms with Crippen LogP contribution < -0.4 is 5.32 Å². The van der Waals surface area contributed by atoms with Crippen molar-refractivity contribution < 1.29 is 4.79 Å². The van der Waals surface area contributed by atoms with Crippen LogP contribution in [0.25, 0.3) is 10.6 Å². The van der Waals surface area contributed by atoms with E-state index >= 15 is 0 Å². The lowest BCUT2D eigenvalue weighted by atomic mass is 10.1. The van der Waals surface area contributed by atoms with E-state index in [1.807, 2.05) is 17.5 Å². The number of likely N-dealkylation sites (tertiary alicyclic amines) is 1. The van der Waals surface area contributed by atoms with E-state index in [0.717, 1.165) is 36.5 Å². The summed E-state index contributed by atoms with van der Waals surface area (Å²) in [6.45, 7) is 2.06. The molecule has 110 valence electrons. The van der Waals surface area contributed by atoms with Crippen LogP contribution in [-0.4, -0.2) is 47.0 Å². The number of pyridine rings is 1. The molecule has 2 aromatic rings. The number of hydrogen-bond acceptors (Lipinski definition) is 5. The Hall–Kier alpha value is -1.79. The molecule has 0 unspecified atom stereocenters. The molecule has 3 rings (SSSR count). The van der Waals surface area contributed by atoms with Gasteiger partial charge in [0.1, 0.15) is 10.7 Å². The minimum Gasteiger partial charge on any atom is -0.348 e. The van der Waals surface area contributed by atoms with Crippen LogP contribution >= 0.6 is 11.3 Å². The fraction of sp³-hybridized carbons (Fsp3) is 0.400. The van der Waals surface area contributed by atoms with Crippen LogP contribution in [0.2, 0.25) is 0 Å². The minimum absolute atomic E-state index is 0.0732. The van der Waals surface area contributed by atoms with Crippen molar-refractivity contribution in [1.82, 2.24) is 20.2 Å². The summed E-state index contributed by atoms with van der Waals surface area (Å²) in [7, 11) is 2.11. The zero-order chi connectivity index (χ0) is 14.7. The van der Waals surface area contributed by atoms with Gasteiger partial charge in [0.25, 0.3) is 5.91 Å². The zero-order valence-electron chi connectivity index (χ0n) is 12.0. The highest BCUT2D eigenvalue weighted by molar-refractivity contribution is 7.13. The average Bonchev–Trinajstić information content (AvgIpc) is 3.00. The van der Waals surface area contributed by atoms with E-state index in [9.17, 15) is 4.79 Å².